The molecule has 3 aromatic carbocycles. The molecule has 0 aliphatic carbocycles. The Bertz CT molecular complexity index is 1160. The van der Waals surface area contributed by atoms with Crippen molar-refractivity contribution in [2.75, 3.05) is 6.61 Å². The summed E-state index contributed by atoms with van der Waals surface area (Å²) in [6, 6.07) is 27.1. The van der Waals surface area contributed by atoms with Crippen molar-refractivity contribution in [1.29, 1.82) is 5.26 Å². The van der Waals surface area contributed by atoms with Crippen molar-refractivity contribution in [3.63, 3.8) is 0 Å². The van der Waals surface area contributed by atoms with Crippen molar-refractivity contribution in [2.24, 2.45) is 0 Å². The number of benzene rings is 3. The summed E-state index contributed by atoms with van der Waals surface area (Å²) in [7, 11) is 0. The molecule has 36 heavy (non-hydrogen) atoms. The third kappa shape index (κ3) is 8.61. The summed E-state index contributed by atoms with van der Waals surface area (Å²) in [6.45, 7) is -0.388. The molecule has 0 aliphatic rings. The van der Waals surface area contributed by atoms with Crippen LogP contribution in [0.1, 0.15) is 16.7 Å². The molecule has 0 spiro atoms. The molecule has 0 heterocycles. The number of esters is 1. The lowest BCUT2D eigenvalue weighted by Crippen LogP contribution is -2.53. The van der Waals surface area contributed by atoms with Crippen molar-refractivity contribution >= 4 is 18.0 Å². The molecule has 0 saturated heterocycles. The number of nitriles is 1. The first-order valence-corrected chi connectivity index (χ1v) is 11.4. The highest BCUT2D eigenvalue weighted by Gasteiger charge is 2.28. The molecule has 2 N–H and O–H groups in total. The standard InChI is InChI=1S/C28H27N3O5/c29-16-17-35-27(33)25(19-22-12-6-2-7-13-22)30-26(32)24(18-21-10-4-1-5-11-21)31-28(34)36-20-23-14-8-3-9-15-23/h1-15,24-25H,17-20H2,(H,30,32)(H,31,34)/t24-,25-/m0/s1. The number of ether oxygens (including phenoxy) is 2. The van der Waals surface area contributed by atoms with Crippen molar-refractivity contribution in [3.05, 3.63) is 108 Å². The second-order valence-corrected chi connectivity index (χ2v) is 7.97. The van der Waals surface area contributed by atoms with Crippen LogP contribution in [0.4, 0.5) is 4.79 Å². The van der Waals surface area contributed by atoms with Gasteiger partial charge in [0.25, 0.3) is 0 Å². The van der Waals surface area contributed by atoms with Crippen LogP contribution in [0.2, 0.25) is 0 Å². The van der Waals surface area contributed by atoms with Crippen LogP contribution < -0.4 is 10.6 Å². The average molecular weight is 486 g/mol. The van der Waals surface area contributed by atoms with Gasteiger partial charge in [0.05, 0.1) is 0 Å². The van der Waals surface area contributed by atoms with E-state index in [1.807, 2.05) is 91.0 Å². The number of nitrogens with one attached hydrogen (secondary N) is 2. The van der Waals surface area contributed by atoms with Crippen LogP contribution in [0, 0.1) is 11.3 Å². The van der Waals surface area contributed by atoms with Gasteiger partial charge in [-0.3, -0.25) is 4.79 Å². The first-order chi connectivity index (χ1) is 17.5. The van der Waals surface area contributed by atoms with Crippen LogP contribution in [-0.4, -0.2) is 36.7 Å². The van der Waals surface area contributed by atoms with Gasteiger partial charge in [-0.15, -0.1) is 0 Å². The molecular formula is C28H27N3O5. The largest absolute Gasteiger partial charge is 0.449 e. The van der Waals surface area contributed by atoms with Gasteiger partial charge >= 0.3 is 12.1 Å². The lowest BCUT2D eigenvalue weighted by Gasteiger charge is -2.22. The molecule has 0 radical (unpaired) electrons. The Kier molecular flexibility index (Phi) is 10.0. The fraction of sp³-hybridized carbons (Fsp3) is 0.214. The Hall–Kier alpha value is -4.64. The number of carbonyl (C=O) groups excluding carboxylic acids is 3. The van der Waals surface area contributed by atoms with E-state index in [9.17, 15) is 14.4 Å². The number of rotatable bonds is 11. The van der Waals surface area contributed by atoms with E-state index in [4.69, 9.17) is 14.7 Å². The quantitative estimate of drug-likeness (QED) is 0.403. The van der Waals surface area contributed by atoms with Gasteiger partial charge in [-0.25, -0.2) is 9.59 Å². The lowest BCUT2D eigenvalue weighted by atomic mass is 10.0. The summed E-state index contributed by atoms with van der Waals surface area (Å²) in [4.78, 5) is 38.4. The van der Waals surface area contributed by atoms with Crippen LogP contribution in [0.3, 0.4) is 0 Å². The van der Waals surface area contributed by atoms with Crippen molar-refractivity contribution in [2.45, 2.75) is 31.5 Å². The molecule has 0 fully saturated rings. The maximum absolute atomic E-state index is 13.3. The first-order valence-electron chi connectivity index (χ1n) is 11.4. The molecular weight excluding hydrogens is 458 g/mol. The summed E-state index contributed by atoms with van der Waals surface area (Å²) in [5, 5.41) is 14.1. The van der Waals surface area contributed by atoms with Gasteiger partial charge in [-0.2, -0.15) is 5.26 Å². The smallest absolute Gasteiger partial charge is 0.408 e. The van der Waals surface area contributed by atoms with Gasteiger partial charge in [0.2, 0.25) is 5.91 Å². The summed E-state index contributed by atoms with van der Waals surface area (Å²) in [5.74, 6) is -1.32. The Morgan fingerprint density at radius 2 is 1.19 bits per heavy atom. The van der Waals surface area contributed by atoms with E-state index < -0.39 is 36.7 Å². The summed E-state index contributed by atoms with van der Waals surface area (Å²) in [6.07, 6.45) is -0.423. The number of carbonyl (C=O) groups is 3. The SMILES string of the molecule is N#CCOC(=O)[C@H](Cc1ccccc1)NC(=O)[C@H](Cc1ccccc1)NC(=O)OCc1ccccc1. The third-order valence-electron chi connectivity index (χ3n) is 5.27. The molecule has 2 atom stereocenters. The van der Waals surface area contributed by atoms with E-state index in [1.54, 1.807) is 6.07 Å². The molecule has 0 aromatic heterocycles. The summed E-state index contributed by atoms with van der Waals surface area (Å²) < 4.78 is 10.3. The van der Waals surface area contributed by atoms with Crippen LogP contribution >= 0.6 is 0 Å². The second-order valence-electron chi connectivity index (χ2n) is 7.97. The topological polar surface area (TPSA) is 118 Å². The zero-order chi connectivity index (χ0) is 25.6. The van der Waals surface area contributed by atoms with Crippen molar-refractivity contribution in [3.8, 4) is 6.07 Å². The summed E-state index contributed by atoms with van der Waals surface area (Å²) >= 11 is 0. The van der Waals surface area contributed by atoms with E-state index in [2.05, 4.69) is 10.6 Å². The van der Waals surface area contributed by atoms with Crippen LogP contribution in [-0.2, 0) is 38.5 Å². The van der Waals surface area contributed by atoms with Crippen molar-refractivity contribution in [1.82, 2.24) is 10.6 Å². The van der Waals surface area contributed by atoms with Crippen LogP contribution in [0.15, 0.2) is 91.0 Å². The molecule has 3 aromatic rings. The minimum absolute atomic E-state index is 0.0451. The molecule has 0 aliphatic heterocycles. The van der Waals surface area contributed by atoms with Gasteiger partial charge in [-0.1, -0.05) is 91.0 Å². The van der Waals surface area contributed by atoms with Gasteiger partial charge in [-0.05, 0) is 16.7 Å². The van der Waals surface area contributed by atoms with Crippen molar-refractivity contribution < 1.29 is 23.9 Å². The number of hydrogen-bond acceptors (Lipinski definition) is 6. The molecule has 0 saturated carbocycles. The van der Waals surface area contributed by atoms with Crippen LogP contribution in [0.5, 0.6) is 0 Å². The fourth-order valence-electron chi connectivity index (χ4n) is 3.49. The predicted octanol–water partition coefficient (Wildman–Crippen LogP) is 3.32. The monoisotopic (exact) mass is 485 g/mol. The molecule has 2 amide bonds. The third-order valence-corrected chi connectivity index (χ3v) is 5.27. The minimum Gasteiger partial charge on any atom is -0.449 e. The Morgan fingerprint density at radius 3 is 1.72 bits per heavy atom. The first kappa shape index (κ1) is 26.0. The van der Waals surface area contributed by atoms with E-state index >= 15 is 0 Å². The van der Waals surface area contributed by atoms with Crippen LogP contribution in [0.25, 0.3) is 0 Å². The van der Waals surface area contributed by atoms with Gasteiger partial charge in [0.1, 0.15) is 24.8 Å². The highest BCUT2D eigenvalue weighted by Crippen LogP contribution is 2.09. The van der Waals surface area contributed by atoms with E-state index in [1.165, 1.54) is 0 Å². The van der Waals surface area contributed by atoms with E-state index in [0.717, 1.165) is 16.7 Å². The van der Waals surface area contributed by atoms with Gasteiger partial charge in [0.15, 0.2) is 6.61 Å². The van der Waals surface area contributed by atoms with E-state index in [0.29, 0.717) is 0 Å². The number of amides is 2. The maximum atomic E-state index is 13.3. The Labute approximate surface area is 209 Å². The number of hydrogen-bond donors (Lipinski definition) is 2. The zero-order valence-corrected chi connectivity index (χ0v) is 19.6. The Morgan fingerprint density at radius 1 is 0.694 bits per heavy atom. The number of alkyl carbamates (subject to hydrolysis) is 1. The highest BCUT2D eigenvalue weighted by atomic mass is 16.5. The second kappa shape index (κ2) is 13.9. The molecule has 3 rings (SSSR count). The van der Waals surface area contributed by atoms with Gasteiger partial charge in [0, 0.05) is 12.8 Å². The molecule has 0 unspecified atom stereocenters. The summed E-state index contributed by atoms with van der Waals surface area (Å²) in [5.41, 5.74) is 2.42. The minimum atomic E-state index is -1.05. The van der Waals surface area contributed by atoms with Gasteiger partial charge < -0.3 is 20.1 Å². The molecule has 8 nitrogen and oxygen atoms in total. The predicted molar refractivity (Wildman–Crippen MR) is 132 cm³/mol. The fourth-order valence-corrected chi connectivity index (χ4v) is 3.49. The zero-order valence-electron chi connectivity index (χ0n) is 19.6. The molecule has 8 heteroatoms. The molecule has 0 bridgehead atoms. The highest BCUT2D eigenvalue weighted by molar-refractivity contribution is 5.90. The molecule has 184 valence electrons. The number of nitrogens with zero attached hydrogens (tertiary/aromatic N) is 1. The maximum Gasteiger partial charge on any atom is 0.408 e. The Balaban J connectivity index is 1.72. The average Bonchev–Trinajstić information content (AvgIpc) is 2.91. The normalized spacial score (nSPS) is 11.9. The van der Waals surface area contributed by atoms with E-state index in [-0.39, 0.29) is 19.4 Å². The lowest BCUT2D eigenvalue weighted by molar-refractivity contribution is -0.146.